The van der Waals surface area contributed by atoms with Gasteiger partial charge in [0, 0.05) is 17.4 Å². The van der Waals surface area contributed by atoms with Crippen LogP contribution >= 0.6 is 11.3 Å². The van der Waals surface area contributed by atoms with Crippen molar-refractivity contribution in [3.05, 3.63) is 78.3 Å². The van der Waals surface area contributed by atoms with Gasteiger partial charge in [-0.3, -0.25) is 9.67 Å². The highest BCUT2D eigenvalue weighted by molar-refractivity contribution is 7.22. The van der Waals surface area contributed by atoms with Crippen molar-refractivity contribution in [2.75, 3.05) is 11.9 Å². The van der Waals surface area contributed by atoms with Gasteiger partial charge in [0.05, 0.1) is 29.4 Å². The lowest BCUT2D eigenvalue weighted by atomic mass is 9.93. The third kappa shape index (κ3) is 4.03. The number of nitrogens with zero attached hydrogens (tertiary/aromatic N) is 6. The third-order valence-corrected chi connectivity index (χ3v) is 7.61. The van der Waals surface area contributed by atoms with E-state index in [-0.39, 0.29) is 17.1 Å². The molecule has 1 N–H and O–H groups in total. The van der Waals surface area contributed by atoms with Crippen molar-refractivity contribution in [1.29, 1.82) is 0 Å². The standard InChI is InChI=1S/C26H21F2N7S/c1-29-26(7-8-26)20-6-5-17(27)14-19(20)18-4-2-3-16-13-22(36-24(16)18)23-21(28)15-31-25(33-23)30-9-11-35-12-10-32-34-35/h2-6,10,12-15H,1,7-9,11H2,(H,30,31,33). The van der Waals surface area contributed by atoms with Crippen molar-refractivity contribution in [1.82, 2.24) is 25.0 Å². The molecule has 1 saturated carbocycles. The fourth-order valence-electron chi connectivity index (χ4n) is 4.43. The molecule has 0 amide bonds. The summed E-state index contributed by atoms with van der Waals surface area (Å²) in [7, 11) is 0. The summed E-state index contributed by atoms with van der Waals surface area (Å²) in [6, 6.07) is 12.6. The number of rotatable bonds is 8. The average Bonchev–Trinajstić information content (AvgIpc) is 3.28. The Kier molecular flexibility index (Phi) is 5.52. The van der Waals surface area contributed by atoms with Crippen molar-refractivity contribution in [2.24, 2.45) is 4.99 Å². The quantitative estimate of drug-likeness (QED) is 0.276. The number of anilines is 1. The van der Waals surface area contributed by atoms with Crippen LogP contribution in [0, 0.1) is 11.6 Å². The van der Waals surface area contributed by atoms with E-state index in [9.17, 15) is 8.78 Å². The molecule has 0 atom stereocenters. The Bertz CT molecular complexity index is 1580. The molecule has 0 unspecified atom stereocenters. The number of nitrogens with one attached hydrogen (secondary N) is 1. The molecule has 1 aliphatic rings. The fraction of sp³-hybridized carbons (Fsp3) is 0.192. The minimum Gasteiger partial charge on any atom is -0.352 e. The van der Waals surface area contributed by atoms with Gasteiger partial charge in [-0.25, -0.2) is 18.7 Å². The molecule has 0 saturated heterocycles. The van der Waals surface area contributed by atoms with E-state index in [0.29, 0.717) is 23.9 Å². The van der Waals surface area contributed by atoms with E-state index in [1.807, 2.05) is 24.3 Å². The normalized spacial score (nSPS) is 14.2. The van der Waals surface area contributed by atoms with E-state index in [1.54, 1.807) is 29.2 Å². The molecule has 7 nitrogen and oxygen atoms in total. The van der Waals surface area contributed by atoms with Crippen molar-refractivity contribution in [2.45, 2.75) is 24.9 Å². The molecular formula is C26H21F2N7S. The molecular weight excluding hydrogens is 480 g/mol. The Morgan fingerprint density at radius 3 is 2.81 bits per heavy atom. The van der Waals surface area contributed by atoms with Crippen LogP contribution in [-0.4, -0.2) is 38.2 Å². The zero-order chi connectivity index (χ0) is 24.7. The smallest absolute Gasteiger partial charge is 0.223 e. The van der Waals surface area contributed by atoms with Gasteiger partial charge in [0.25, 0.3) is 0 Å². The lowest BCUT2D eigenvalue weighted by molar-refractivity contribution is 0.604. The number of benzene rings is 2. The number of halogens is 2. The van der Waals surface area contributed by atoms with Crippen molar-refractivity contribution < 1.29 is 8.78 Å². The van der Waals surface area contributed by atoms with E-state index in [0.717, 1.165) is 39.6 Å². The van der Waals surface area contributed by atoms with Crippen molar-refractivity contribution in [3.8, 4) is 21.7 Å². The molecule has 0 aliphatic heterocycles. The molecule has 0 spiro atoms. The number of hydrogen-bond acceptors (Lipinski definition) is 7. The van der Waals surface area contributed by atoms with Gasteiger partial charge in [0.1, 0.15) is 11.5 Å². The summed E-state index contributed by atoms with van der Waals surface area (Å²) < 4.78 is 31.8. The summed E-state index contributed by atoms with van der Waals surface area (Å²) in [6.45, 7) is 4.85. The maximum absolute atomic E-state index is 14.8. The molecule has 0 radical (unpaired) electrons. The van der Waals surface area contributed by atoms with Crippen LogP contribution in [-0.2, 0) is 12.1 Å². The summed E-state index contributed by atoms with van der Waals surface area (Å²) in [5, 5.41) is 11.7. The third-order valence-electron chi connectivity index (χ3n) is 6.42. The number of hydrogen-bond donors (Lipinski definition) is 1. The van der Waals surface area contributed by atoms with Gasteiger partial charge in [-0.05, 0) is 59.8 Å². The summed E-state index contributed by atoms with van der Waals surface area (Å²) in [6.07, 6.45) is 6.31. The first-order valence-corrected chi connectivity index (χ1v) is 12.3. The second-order valence-electron chi connectivity index (χ2n) is 8.70. The van der Waals surface area contributed by atoms with E-state index < -0.39 is 5.82 Å². The molecule has 3 aromatic heterocycles. The predicted octanol–water partition coefficient (Wildman–Crippen LogP) is 5.70. The monoisotopic (exact) mass is 501 g/mol. The molecule has 180 valence electrons. The summed E-state index contributed by atoms with van der Waals surface area (Å²) >= 11 is 1.42. The van der Waals surface area contributed by atoms with Crippen molar-refractivity contribution in [3.63, 3.8) is 0 Å². The first-order chi connectivity index (χ1) is 17.6. The predicted molar refractivity (Wildman–Crippen MR) is 137 cm³/mol. The highest BCUT2D eigenvalue weighted by Crippen LogP contribution is 2.53. The first kappa shape index (κ1) is 22.4. The van der Waals surface area contributed by atoms with Crippen LogP contribution in [0.3, 0.4) is 0 Å². The Morgan fingerprint density at radius 2 is 2.03 bits per heavy atom. The minimum atomic E-state index is -0.510. The molecule has 6 rings (SSSR count). The molecule has 3 heterocycles. The van der Waals surface area contributed by atoms with Crippen molar-refractivity contribution >= 4 is 34.1 Å². The Morgan fingerprint density at radius 1 is 1.14 bits per heavy atom. The van der Waals surface area contributed by atoms with Crippen LogP contribution in [0.4, 0.5) is 14.7 Å². The maximum atomic E-state index is 14.8. The topological polar surface area (TPSA) is 80.9 Å². The van der Waals surface area contributed by atoms with Crippen LogP contribution in [0.25, 0.3) is 31.8 Å². The van der Waals surface area contributed by atoms with Crippen LogP contribution in [0.1, 0.15) is 18.4 Å². The molecule has 36 heavy (non-hydrogen) atoms. The van der Waals surface area contributed by atoms with Gasteiger partial charge in [-0.2, -0.15) is 0 Å². The second-order valence-corrected chi connectivity index (χ2v) is 9.75. The van der Waals surface area contributed by atoms with Gasteiger partial charge in [-0.1, -0.05) is 29.5 Å². The molecule has 1 aliphatic carbocycles. The Labute approximate surface area is 209 Å². The number of thiophene rings is 1. The van der Waals surface area contributed by atoms with Gasteiger partial charge in [0.15, 0.2) is 5.82 Å². The van der Waals surface area contributed by atoms with Crippen LogP contribution in [0.5, 0.6) is 0 Å². The Hall–Kier alpha value is -4.05. The largest absolute Gasteiger partial charge is 0.352 e. The van der Waals surface area contributed by atoms with Crippen LogP contribution in [0.2, 0.25) is 0 Å². The Balaban J connectivity index is 1.37. The molecule has 2 aromatic carbocycles. The van der Waals surface area contributed by atoms with Crippen LogP contribution < -0.4 is 5.32 Å². The van der Waals surface area contributed by atoms with Gasteiger partial charge in [-0.15, -0.1) is 16.4 Å². The molecule has 10 heteroatoms. The number of fused-ring (bicyclic) bond motifs is 1. The average molecular weight is 502 g/mol. The van der Waals surface area contributed by atoms with E-state index in [4.69, 9.17) is 0 Å². The zero-order valence-corrected chi connectivity index (χ0v) is 20.0. The van der Waals surface area contributed by atoms with Gasteiger partial charge in [0.2, 0.25) is 5.95 Å². The van der Waals surface area contributed by atoms with Gasteiger partial charge >= 0.3 is 0 Å². The molecule has 5 aromatic rings. The molecule has 0 bridgehead atoms. The fourth-order valence-corrected chi connectivity index (χ4v) is 5.61. The second kappa shape index (κ2) is 8.87. The van der Waals surface area contributed by atoms with E-state index in [2.05, 4.69) is 37.3 Å². The number of aliphatic imine (C=N–C) groups is 1. The van der Waals surface area contributed by atoms with Gasteiger partial charge < -0.3 is 5.32 Å². The highest BCUT2D eigenvalue weighted by atomic mass is 32.1. The minimum absolute atomic E-state index is 0.214. The van der Waals surface area contributed by atoms with E-state index in [1.165, 1.54) is 23.6 Å². The maximum Gasteiger partial charge on any atom is 0.223 e. The van der Waals surface area contributed by atoms with Crippen LogP contribution in [0.15, 0.2) is 66.0 Å². The lowest BCUT2D eigenvalue weighted by Gasteiger charge is -2.16. The van der Waals surface area contributed by atoms with E-state index >= 15 is 0 Å². The molecule has 1 fully saturated rings. The lowest BCUT2D eigenvalue weighted by Crippen LogP contribution is -2.13. The SMILES string of the molecule is C=NC1(c2ccc(F)cc2-c2cccc3cc(-c4nc(NCCn5ccnn5)ncc4F)sc23)CC1. The summed E-state index contributed by atoms with van der Waals surface area (Å²) in [5.74, 6) is -0.501. The summed E-state index contributed by atoms with van der Waals surface area (Å²) in [4.78, 5) is 13.5. The summed E-state index contributed by atoms with van der Waals surface area (Å²) in [5.41, 5.74) is 2.49. The highest BCUT2D eigenvalue weighted by Gasteiger charge is 2.45. The zero-order valence-electron chi connectivity index (χ0n) is 19.2. The number of aromatic nitrogens is 5. The first-order valence-electron chi connectivity index (χ1n) is 11.5.